The van der Waals surface area contributed by atoms with Crippen molar-refractivity contribution >= 4 is 23.5 Å². The number of aryl methyl sites for hydroxylation is 1. The molecule has 0 radical (unpaired) electrons. The van der Waals surface area contributed by atoms with Crippen LogP contribution in [0.25, 0.3) is 11.6 Å². The zero-order valence-electron chi connectivity index (χ0n) is 19.4. The molecule has 0 bridgehead atoms. The predicted octanol–water partition coefficient (Wildman–Crippen LogP) is 4.63. The molecule has 1 amide bonds. The molecule has 3 aromatic carbocycles. The van der Waals surface area contributed by atoms with Crippen molar-refractivity contribution in [2.75, 3.05) is 21.3 Å². The van der Waals surface area contributed by atoms with E-state index in [2.05, 4.69) is 0 Å². The minimum absolute atomic E-state index is 0.306. The van der Waals surface area contributed by atoms with Crippen molar-refractivity contribution < 1.29 is 28.5 Å². The van der Waals surface area contributed by atoms with E-state index in [1.807, 2.05) is 24.3 Å². The summed E-state index contributed by atoms with van der Waals surface area (Å²) in [6, 6.07) is 19.9. The van der Waals surface area contributed by atoms with E-state index in [0.29, 0.717) is 47.0 Å². The summed E-state index contributed by atoms with van der Waals surface area (Å²) in [5, 5.41) is 0. The summed E-state index contributed by atoms with van der Waals surface area (Å²) >= 11 is 0. The van der Waals surface area contributed by atoms with E-state index in [4.69, 9.17) is 24.7 Å². The van der Waals surface area contributed by atoms with Crippen LogP contribution in [0.15, 0.2) is 66.7 Å². The summed E-state index contributed by atoms with van der Waals surface area (Å²) in [7, 11) is 4.47. The molecule has 0 saturated heterocycles. The molecule has 0 spiro atoms. The highest BCUT2D eigenvalue weighted by Gasteiger charge is 2.14. The molecule has 34 heavy (non-hydrogen) atoms. The highest BCUT2D eigenvalue weighted by molar-refractivity contribution is 6.21. The maximum Gasteiger partial charge on any atom is 0.338 e. The number of benzene rings is 3. The van der Waals surface area contributed by atoms with Crippen molar-refractivity contribution in [2.24, 2.45) is 5.73 Å². The minimum atomic E-state index is -0.470. The Hall–Kier alpha value is -4.26. The Balaban J connectivity index is 1.80. The summed E-state index contributed by atoms with van der Waals surface area (Å²) in [4.78, 5) is 23.4. The van der Waals surface area contributed by atoms with Crippen LogP contribution in [0.1, 0.15) is 23.1 Å². The van der Waals surface area contributed by atoms with Crippen molar-refractivity contribution in [3.8, 4) is 23.0 Å². The van der Waals surface area contributed by atoms with Crippen molar-refractivity contribution in [1.82, 2.24) is 0 Å². The summed E-state index contributed by atoms with van der Waals surface area (Å²) < 4.78 is 21.5. The fourth-order valence-electron chi connectivity index (χ4n) is 3.28. The van der Waals surface area contributed by atoms with Gasteiger partial charge in [0, 0.05) is 12.5 Å². The molecule has 0 unspecified atom stereocenters. The zero-order valence-corrected chi connectivity index (χ0v) is 19.4. The zero-order chi connectivity index (χ0) is 24.5. The normalized spacial score (nSPS) is 11.0. The fraction of sp³-hybridized carbons (Fsp3) is 0.185. The van der Waals surface area contributed by atoms with E-state index < -0.39 is 5.97 Å². The Labute approximate surface area is 198 Å². The molecule has 2 N–H and O–H groups in total. The topological polar surface area (TPSA) is 97.1 Å². The van der Waals surface area contributed by atoms with E-state index >= 15 is 0 Å². The van der Waals surface area contributed by atoms with Crippen LogP contribution in [0.2, 0.25) is 0 Å². The van der Waals surface area contributed by atoms with Gasteiger partial charge >= 0.3 is 5.97 Å². The van der Waals surface area contributed by atoms with Crippen LogP contribution >= 0.6 is 0 Å². The van der Waals surface area contributed by atoms with Crippen LogP contribution in [0.3, 0.4) is 0 Å². The van der Waals surface area contributed by atoms with Gasteiger partial charge in [-0.15, -0.1) is 0 Å². The molecule has 7 nitrogen and oxygen atoms in total. The van der Waals surface area contributed by atoms with Gasteiger partial charge in [0.25, 0.3) is 0 Å². The first-order valence-corrected chi connectivity index (χ1v) is 10.6. The van der Waals surface area contributed by atoms with Crippen LogP contribution in [-0.4, -0.2) is 33.2 Å². The number of hydrogen-bond donors (Lipinski definition) is 1. The van der Waals surface area contributed by atoms with Gasteiger partial charge in [0.1, 0.15) is 23.0 Å². The Bertz CT molecular complexity index is 1140. The van der Waals surface area contributed by atoms with Crippen LogP contribution in [0.4, 0.5) is 0 Å². The minimum Gasteiger partial charge on any atom is -0.497 e. The van der Waals surface area contributed by atoms with Gasteiger partial charge in [0.05, 0.1) is 26.9 Å². The van der Waals surface area contributed by atoms with Crippen molar-refractivity contribution in [3.63, 3.8) is 0 Å². The Morgan fingerprint density at radius 3 is 1.85 bits per heavy atom. The molecule has 0 aromatic heterocycles. The van der Waals surface area contributed by atoms with Crippen LogP contribution in [-0.2, 0) is 20.7 Å². The van der Waals surface area contributed by atoms with E-state index in [1.54, 1.807) is 62.8 Å². The molecule has 0 heterocycles. The van der Waals surface area contributed by atoms with E-state index in [-0.39, 0.29) is 5.91 Å². The first-order valence-electron chi connectivity index (χ1n) is 10.6. The lowest BCUT2D eigenvalue weighted by Gasteiger charge is -2.10. The maximum absolute atomic E-state index is 12.5. The number of amides is 1. The number of nitrogens with two attached hydrogens (primary N) is 1. The van der Waals surface area contributed by atoms with Gasteiger partial charge in [-0.2, -0.15) is 0 Å². The molecule has 3 aromatic rings. The lowest BCUT2D eigenvalue weighted by atomic mass is 10.0. The Kier molecular flexibility index (Phi) is 8.29. The molecule has 176 valence electrons. The molecule has 0 aliphatic rings. The average Bonchev–Trinajstić information content (AvgIpc) is 2.86. The van der Waals surface area contributed by atoms with Crippen molar-refractivity contribution in [3.05, 3.63) is 83.4 Å². The molecule has 0 aliphatic heterocycles. The summed E-state index contributed by atoms with van der Waals surface area (Å²) in [6.45, 7) is 0. The summed E-state index contributed by atoms with van der Waals surface area (Å²) in [5.41, 5.74) is 7.98. The number of hydrogen-bond acceptors (Lipinski definition) is 6. The van der Waals surface area contributed by atoms with Gasteiger partial charge in [-0.25, -0.2) is 4.79 Å². The molecular weight excluding hydrogens is 434 g/mol. The smallest absolute Gasteiger partial charge is 0.338 e. The monoisotopic (exact) mass is 461 g/mol. The van der Waals surface area contributed by atoms with Gasteiger partial charge in [-0.05, 0) is 65.6 Å². The highest BCUT2D eigenvalue weighted by atomic mass is 16.5. The summed E-state index contributed by atoms with van der Waals surface area (Å²) in [6.07, 6.45) is 2.61. The second kappa shape index (κ2) is 11.6. The molecule has 0 atom stereocenters. The molecule has 7 heteroatoms. The number of methoxy groups -OCH3 is 3. The van der Waals surface area contributed by atoms with Gasteiger partial charge in [-0.3, -0.25) is 4.79 Å². The molecule has 3 rings (SSSR count). The lowest BCUT2D eigenvalue weighted by Crippen LogP contribution is -2.11. The third-order valence-corrected chi connectivity index (χ3v) is 5.07. The molecule has 0 fully saturated rings. The van der Waals surface area contributed by atoms with Gasteiger partial charge in [0.2, 0.25) is 5.91 Å². The quantitative estimate of drug-likeness (QED) is 0.269. The van der Waals surface area contributed by atoms with Crippen LogP contribution in [0.5, 0.6) is 23.0 Å². The number of esters is 1. The van der Waals surface area contributed by atoms with Crippen LogP contribution < -0.4 is 19.9 Å². The first kappa shape index (κ1) is 24.4. The standard InChI is InChI=1S/C27H27NO6/c1-31-23-14-19(15-24(17-23)32-2)16-25(27(30)33-3)20-7-11-22(12-8-20)34-21-9-4-18(5-10-21)6-13-26(28)29/h4-5,7-12,14-17H,6,13H2,1-3H3,(H2,28,29)/b25-16+. The van der Waals surface area contributed by atoms with Crippen molar-refractivity contribution in [1.29, 1.82) is 0 Å². The number of rotatable bonds is 10. The number of ether oxygens (including phenoxy) is 4. The van der Waals surface area contributed by atoms with E-state index in [1.165, 1.54) is 7.11 Å². The Morgan fingerprint density at radius 1 is 0.794 bits per heavy atom. The van der Waals surface area contributed by atoms with Crippen LogP contribution in [0, 0.1) is 0 Å². The SMILES string of the molecule is COC(=O)/C(=C/c1cc(OC)cc(OC)c1)c1ccc(Oc2ccc(CCC(N)=O)cc2)cc1. The number of carbonyl (C=O) groups excluding carboxylic acids is 2. The van der Waals surface area contributed by atoms with Gasteiger partial charge < -0.3 is 24.7 Å². The molecule has 0 saturated carbocycles. The predicted molar refractivity (Wildman–Crippen MR) is 130 cm³/mol. The highest BCUT2D eigenvalue weighted by Crippen LogP contribution is 2.29. The van der Waals surface area contributed by atoms with Gasteiger partial charge in [0.15, 0.2) is 0 Å². The van der Waals surface area contributed by atoms with Gasteiger partial charge in [-0.1, -0.05) is 24.3 Å². The molecule has 0 aliphatic carbocycles. The fourth-order valence-corrected chi connectivity index (χ4v) is 3.28. The maximum atomic E-state index is 12.5. The van der Waals surface area contributed by atoms with E-state index in [9.17, 15) is 9.59 Å². The third-order valence-electron chi connectivity index (χ3n) is 5.07. The van der Waals surface area contributed by atoms with Crippen molar-refractivity contribution in [2.45, 2.75) is 12.8 Å². The number of primary amides is 1. The molecular formula is C27H27NO6. The number of carbonyl (C=O) groups is 2. The summed E-state index contributed by atoms with van der Waals surface area (Å²) in [5.74, 6) is 1.69. The first-order chi connectivity index (χ1) is 16.4. The largest absolute Gasteiger partial charge is 0.497 e. The third kappa shape index (κ3) is 6.62. The lowest BCUT2D eigenvalue weighted by molar-refractivity contribution is -0.133. The van der Waals surface area contributed by atoms with E-state index in [0.717, 1.165) is 11.1 Å². The second-order valence-electron chi connectivity index (χ2n) is 7.43. The second-order valence-corrected chi connectivity index (χ2v) is 7.43. The average molecular weight is 462 g/mol. The Morgan fingerprint density at radius 2 is 1.35 bits per heavy atom.